The number of hydrogen-bond donors (Lipinski definition) is 1. The van der Waals surface area contributed by atoms with E-state index in [0.29, 0.717) is 0 Å². The Balaban J connectivity index is 3.88. The van der Waals surface area contributed by atoms with Crippen molar-refractivity contribution in [3.05, 3.63) is 0 Å². The van der Waals surface area contributed by atoms with E-state index in [4.69, 9.17) is 0 Å². The molecule has 0 bridgehead atoms. The summed E-state index contributed by atoms with van der Waals surface area (Å²) in [5, 5.41) is 2.70. The van der Waals surface area contributed by atoms with Gasteiger partial charge in [-0.25, -0.2) is 0 Å². The molecular formula is C10H23N2OS+. The van der Waals surface area contributed by atoms with Crippen LogP contribution >= 0.6 is 11.8 Å². The van der Waals surface area contributed by atoms with Gasteiger partial charge in [-0.2, -0.15) is 0 Å². The lowest BCUT2D eigenvalue weighted by molar-refractivity contribution is -0.920. The first-order valence-corrected chi connectivity index (χ1v) is 6.32. The topological polar surface area (TPSA) is 29.1 Å². The first kappa shape index (κ1) is 13.8. The van der Waals surface area contributed by atoms with E-state index in [9.17, 15) is 4.79 Å². The van der Waals surface area contributed by atoms with Crippen LogP contribution in [0.15, 0.2) is 0 Å². The predicted molar refractivity (Wildman–Crippen MR) is 63.7 cm³/mol. The zero-order valence-electron chi connectivity index (χ0n) is 9.80. The van der Waals surface area contributed by atoms with Crippen LogP contribution in [0.5, 0.6) is 0 Å². The Hall–Kier alpha value is -0.220. The van der Waals surface area contributed by atoms with Crippen LogP contribution < -0.4 is 5.32 Å². The van der Waals surface area contributed by atoms with Gasteiger partial charge in [-0.1, -0.05) is 11.8 Å². The van der Waals surface area contributed by atoms with Crippen molar-refractivity contribution >= 4 is 17.0 Å². The van der Waals surface area contributed by atoms with Crippen molar-refractivity contribution in [1.82, 2.24) is 5.32 Å². The summed E-state index contributed by atoms with van der Waals surface area (Å²) < 4.78 is 1.12. The zero-order chi connectivity index (χ0) is 11.0. The molecule has 4 heteroatoms. The van der Waals surface area contributed by atoms with Gasteiger partial charge in [0.2, 0.25) is 0 Å². The summed E-state index contributed by atoms with van der Waals surface area (Å²) in [5.74, 6) is 0.912. The van der Waals surface area contributed by atoms with Gasteiger partial charge in [0.05, 0.1) is 31.9 Å². The number of nitrogens with zero attached hydrogens (tertiary/aromatic N) is 1. The van der Waals surface area contributed by atoms with Gasteiger partial charge in [0.15, 0.2) is 0 Å². The Bertz CT molecular complexity index is 161. The molecule has 0 atom stereocenters. The molecule has 0 radical (unpaired) electrons. The molecule has 0 saturated carbocycles. The van der Waals surface area contributed by atoms with Crippen molar-refractivity contribution in [2.45, 2.75) is 20.8 Å². The van der Waals surface area contributed by atoms with Crippen LogP contribution in [0.4, 0.5) is 4.79 Å². The molecule has 0 aliphatic rings. The largest absolute Gasteiger partial charge is 0.350 e. The minimum Gasteiger partial charge on any atom is -0.350 e. The van der Waals surface area contributed by atoms with Crippen molar-refractivity contribution in [1.29, 1.82) is 0 Å². The van der Waals surface area contributed by atoms with Crippen LogP contribution in [0.3, 0.4) is 0 Å². The molecule has 0 spiro atoms. The summed E-state index contributed by atoms with van der Waals surface area (Å²) in [6.45, 7) is 11.2. The summed E-state index contributed by atoms with van der Waals surface area (Å²) in [6, 6.07) is 0. The Labute approximate surface area is 91.8 Å². The molecule has 0 rings (SSSR count). The molecule has 1 N–H and O–H groups in total. The lowest BCUT2D eigenvalue weighted by atomic mass is 10.3. The summed E-state index contributed by atoms with van der Waals surface area (Å²) in [5.41, 5.74) is 0. The van der Waals surface area contributed by atoms with Crippen LogP contribution in [0.1, 0.15) is 20.8 Å². The minimum absolute atomic E-state index is 0.0754. The highest BCUT2D eigenvalue weighted by molar-refractivity contribution is 8.13. The summed E-state index contributed by atoms with van der Waals surface area (Å²) >= 11 is 1.38. The quantitative estimate of drug-likeness (QED) is 0.692. The second-order valence-electron chi connectivity index (χ2n) is 3.40. The maximum absolute atomic E-state index is 11.0. The Morgan fingerprint density at radius 2 is 1.71 bits per heavy atom. The summed E-state index contributed by atoms with van der Waals surface area (Å²) in [4.78, 5) is 11.0. The number of amides is 1. The molecule has 0 aromatic heterocycles. The average molecular weight is 219 g/mol. The number of quaternary nitrogens is 1. The molecule has 0 fully saturated rings. The van der Waals surface area contributed by atoms with Gasteiger partial charge in [0, 0.05) is 7.05 Å². The molecule has 0 heterocycles. The lowest BCUT2D eigenvalue weighted by Gasteiger charge is -2.35. The van der Waals surface area contributed by atoms with Gasteiger partial charge >= 0.3 is 0 Å². The van der Waals surface area contributed by atoms with Crippen molar-refractivity contribution in [3.63, 3.8) is 0 Å². The maximum Gasteiger partial charge on any atom is 0.279 e. The van der Waals surface area contributed by atoms with E-state index in [1.54, 1.807) is 7.05 Å². The second-order valence-corrected chi connectivity index (χ2v) is 4.47. The van der Waals surface area contributed by atoms with Gasteiger partial charge in [0.25, 0.3) is 5.24 Å². The first-order chi connectivity index (χ1) is 6.64. The fourth-order valence-electron chi connectivity index (χ4n) is 1.55. The molecule has 0 aliphatic carbocycles. The fraction of sp³-hybridized carbons (Fsp3) is 0.900. The molecule has 1 amide bonds. The Morgan fingerprint density at radius 1 is 1.21 bits per heavy atom. The third-order valence-electron chi connectivity index (χ3n) is 3.02. The van der Waals surface area contributed by atoms with Crippen molar-refractivity contribution < 1.29 is 9.28 Å². The van der Waals surface area contributed by atoms with Crippen LogP contribution in [0.25, 0.3) is 0 Å². The van der Waals surface area contributed by atoms with Gasteiger partial charge < -0.3 is 9.80 Å². The highest BCUT2D eigenvalue weighted by Crippen LogP contribution is 2.09. The van der Waals surface area contributed by atoms with E-state index in [0.717, 1.165) is 36.4 Å². The van der Waals surface area contributed by atoms with E-state index in [1.165, 1.54) is 11.8 Å². The highest BCUT2D eigenvalue weighted by atomic mass is 32.2. The smallest absolute Gasteiger partial charge is 0.279 e. The Morgan fingerprint density at radius 3 is 2.07 bits per heavy atom. The number of carbonyl (C=O) groups is 1. The zero-order valence-corrected chi connectivity index (χ0v) is 10.6. The number of thioether (sulfide) groups is 1. The van der Waals surface area contributed by atoms with Gasteiger partial charge in [-0.15, -0.1) is 0 Å². The molecule has 0 saturated heterocycles. The van der Waals surface area contributed by atoms with Gasteiger partial charge in [0.1, 0.15) is 0 Å². The van der Waals surface area contributed by atoms with Crippen LogP contribution in [0, 0.1) is 0 Å². The molecule has 0 aromatic carbocycles. The van der Waals surface area contributed by atoms with Crippen LogP contribution in [0.2, 0.25) is 0 Å². The number of nitrogens with one attached hydrogen (secondary N) is 1. The third-order valence-corrected chi connectivity index (χ3v) is 3.87. The molecule has 0 aliphatic heterocycles. The maximum atomic E-state index is 11.0. The van der Waals surface area contributed by atoms with E-state index < -0.39 is 0 Å². The van der Waals surface area contributed by atoms with Crippen LogP contribution in [-0.4, -0.2) is 48.7 Å². The van der Waals surface area contributed by atoms with E-state index in [2.05, 4.69) is 26.1 Å². The van der Waals surface area contributed by atoms with Gasteiger partial charge in [-0.05, 0) is 20.8 Å². The Kier molecular flexibility index (Phi) is 7.01. The molecular weight excluding hydrogens is 196 g/mol. The predicted octanol–water partition coefficient (Wildman–Crippen LogP) is 1.94. The van der Waals surface area contributed by atoms with Crippen LogP contribution in [-0.2, 0) is 0 Å². The molecule has 3 nitrogen and oxygen atoms in total. The average Bonchev–Trinajstić information content (AvgIpc) is 2.25. The first-order valence-electron chi connectivity index (χ1n) is 5.33. The standard InChI is InChI=1S/C10H22N2OS/c1-5-12(6-2,7-3)8-9-14-10(13)11-4/h5-9H2,1-4H3/p+1. The van der Waals surface area contributed by atoms with E-state index in [-0.39, 0.29) is 5.24 Å². The SMILES string of the molecule is CC[N+](CC)(CC)CCSC(=O)NC. The van der Waals surface area contributed by atoms with Crippen molar-refractivity contribution in [3.8, 4) is 0 Å². The van der Waals surface area contributed by atoms with E-state index >= 15 is 0 Å². The van der Waals surface area contributed by atoms with Crippen molar-refractivity contribution in [2.75, 3.05) is 39.0 Å². The van der Waals surface area contributed by atoms with Gasteiger partial charge in [-0.3, -0.25) is 4.79 Å². The molecule has 14 heavy (non-hydrogen) atoms. The monoisotopic (exact) mass is 219 g/mol. The number of hydrogen-bond acceptors (Lipinski definition) is 2. The fourth-order valence-corrected chi connectivity index (χ4v) is 2.36. The number of rotatable bonds is 6. The molecule has 84 valence electrons. The summed E-state index contributed by atoms with van der Waals surface area (Å²) in [7, 11) is 1.68. The third kappa shape index (κ3) is 4.33. The lowest BCUT2D eigenvalue weighted by Crippen LogP contribution is -2.49. The van der Waals surface area contributed by atoms with E-state index in [1.807, 2.05) is 0 Å². The number of carbonyl (C=O) groups excluding carboxylic acids is 1. The minimum atomic E-state index is 0.0754. The second kappa shape index (κ2) is 7.12. The normalized spacial score (nSPS) is 11.4. The van der Waals surface area contributed by atoms with Crippen molar-refractivity contribution in [2.24, 2.45) is 0 Å². The molecule has 0 aromatic rings. The molecule has 0 unspecified atom stereocenters. The summed E-state index contributed by atoms with van der Waals surface area (Å²) in [6.07, 6.45) is 0. The highest BCUT2D eigenvalue weighted by Gasteiger charge is 2.20.